The third-order valence-electron chi connectivity index (χ3n) is 3.36. The second kappa shape index (κ2) is 4.22. The molecule has 84 valence electrons. The Hall–Kier alpha value is -0.410. The zero-order valence-corrected chi connectivity index (χ0v) is 10.7. The minimum atomic E-state index is 0.234. The number of nitrogens with one attached hydrogen (secondary N) is 1. The van der Waals surface area contributed by atoms with Crippen molar-refractivity contribution in [2.24, 2.45) is 0 Å². The molecule has 1 aromatic rings. The molecular weight excluding hydrogens is 204 g/mol. The quantitative estimate of drug-likeness (QED) is 0.850. The van der Waals surface area contributed by atoms with Crippen LogP contribution in [0.1, 0.15) is 48.7 Å². The molecule has 0 aliphatic heterocycles. The van der Waals surface area contributed by atoms with E-state index in [2.05, 4.69) is 26.1 Å². The fourth-order valence-electron chi connectivity index (χ4n) is 2.30. The molecule has 0 bridgehead atoms. The van der Waals surface area contributed by atoms with Crippen molar-refractivity contribution in [3.8, 4) is 0 Å². The summed E-state index contributed by atoms with van der Waals surface area (Å²) >= 11 is 1.89. The van der Waals surface area contributed by atoms with E-state index in [1.807, 2.05) is 11.3 Å². The van der Waals surface area contributed by atoms with Crippen LogP contribution in [-0.2, 0) is 12.0 Å². The van der Waals surface area contributed by atoms with E-state index < -0.39 is 0 Å². The normalized spacial score (nSPS) is 18.9. The summed E-state index contributed by atoms with van der Waals surface area (Å²) < 4.78 is 0. The number of aromatic nitrogens is 1. The van der Waals surface area contributed by atoms with Gasteiger partial charge in [0.1, 0.15) is 5.01 Å². The third-order valence-corrected chi connectivity index (χ3v) is 4.58. The summed E-state index contributed by atoms with van der Waals surface area (Å²) in [5, 5.41) is 4.95. The number of thiazole rings is 1. The Kier molecular flexibility index (Phi) is 3.12. The summed E-state index contributed by atoms with van der Waals surface area (Å²) in [6.45, 7) is 7.60. The van der Waals surface area contributed by atoms with E-state index in [1.165, 1.54) is 34.8 Å². The van der Waals surface area contributed by atoms with Crippen LogP contribution in [0.4, 0.5) is 0 Å². The van der Waals surface area contributed by atoms with E-state index in [0.717, 1.165) is 13.0 Å². The van der Waals surface area contributed by atoms with E-state index in [9.17, 15) is 0 Å². The predicted molar refractivity (Wildman–Crippen MR) is 65.4 cm³/mol. The van der Waals surface area contributed by atoms with Gasteiger partial charge < -0.3 is 5.32 Å². The smallest absolute Gasteiger partial charge is 0.113 e. The minimum absolute atomic E-state index is 0.234. The Balaban J connectivity index is 2.26. The maximum atomic E-state index is 4.80. The lowest BCUT2D eigenvalue weighted by Crippen LogP contribution is -2.47. The van der Waals surface area contributed by atoms with Gasteiger partial charge in [-0.25, -0.2) is 4.98 Å². The number of hydrogen-bond acceptors (Lipinski definition) is 3. The topological polar surface area (TPSA) is 24.9 Å². The molecule has 2 rings (SSSR count). The molecule has 0 spiro atoms. The van der Waals surface area contributed by atoms with Gasteiger partial charge in [-0.05, 0) is 39.2 Å². The van der Waals surface area contributed by atoms with E-state index in [4.69, 9.17) is 4.98 Å². The number of nitrogens with zero attached hydrogens (tertiary/aromatic N) is 1. The van der Waals surface area contributed by atoms with Crippen LogP contribution in [0.25, 0.3) is 0 Å². The molecule has 1 aliphatic carbocycles. The summed E-state index contributed by atoms with van der Waals surface area (Å²) in [5.41, 5.74) is 1.52. The minimum Gasteiger partial charge on any atom is -0.306 e. The van der Waals surface area contributed by atoms with Crippen LogP contribution in [0.15, 0.2) is 0 Å². The van der Waals surface area contributed by atoms with Gasteiger partial charge >= 0.3 is 0 Å². The average Bonchev–Trinajstić information content (AvgIpc) is 2.53. The highest BCUT2D eigenvalue weighted by Gasteiger charge is 2.40. The Bertz CT molecular complexity index is 339. The van der Waals surface area contributed by atoms with Crippen molar-refractivity contribution >= 4 is 11.3 Å². The summed E-state index contributed by atoms with van der Waals surface area (Å²) in [5.74, 6) is 0. The van der Waals surface area contributed by atoms with Crippen LogP contribution < -0.4 is 5.32 Å². The highest BCUT2D eigenvalue weighted by Crippen LogP contribution is 2.43. The van der Waals surface area contributed by atoms with Gasteiger partial charge in [0.25, 0.3) is 0 Å². The summed E-state index contributed by atoms with van der Waals surface area (Å²) in [4.78, 5) is 6.20. The lowest BCUT2D eigenvalue weighted by Gasteiger charge is -2.40. The molecule has 0 radical (unpaired) electrons. The van der Waals surface area contributed by atoms with Gasteiger partial charge in [-0.2, -0.15) is 0 Å². The van der Waals surface area contributed by atoms with Crippen LogP contribution in [0.2, 0.25) is 0 Å². The fourth-order valence-corrected chi connectivity index (χ4v) is 3.52. The van der Waals surface area contributed by atoms with E-state index in [-0.39, 0.29) is 5.54 Å². The van der Waals surface area contributed by atoms with Crippen LogP contribution in [-0.4, -0.2) is 11.5 Å². The largest absolute Gasteiger partial charge is 0.306 e. The molecule has 0 saturated heterocycles. The molecule has 0 aromatic carbocycles. The van der Waals surface area contributed by atoms with Crippen molar-refractivity contribution in [1.82, 2.24) is 10.3 Å². The highest BCUT2D eigenvalue weighted by molar-refractivity contribution is 7.11. The first kappa shape index (κ1) is 11.1. The summed E-state index contributed by atoms with van der Waals surface area (Å²) in [7, 11) is 0. The van der Waals surface area contributed by atoms with Crippen molar-refractivity contribution < 1.29 is 0 Å². The molecule has 1 saturated carbocycles. The zero-order valence-electron chi connectivity index (χ0n) is 9.89. The first-order chi connectivity index (χ1) is 7.22. The third kappa shape index (κ3) is 1.83. The van der Waals surface area contributed by atoms with Crippen LogP contribution in [0.3, 0.4) is 0 Å². The van der Waals surface area contributed by atoms with Crippen molar-refractivity contribution in [2.75, 3.05) is 6.54 Å². The number of hydrogen-bond donors (Lipinski definition) is 1. The van der Waals surface area contributed by atoms with Crippen molar-refractivity contribution in [2.45, 2.75) is 52.0 Å². The lowest BCUT2D eigenvalue weighted by atomic mass is 9.77. The molecule has 0 unspecified atom stereocenters. The average molecular weight is 224 g/mol. The summed E-state index contributed by atoms with van der Waals surface area (Å²) in [6.07, 6.45) is 4.92. The SMILES string of the molecule is CCNC1(c2nc(CC)c(C)s2)CCC1. The van der Waals surface area contributed by atoms with Gasteiger partial charge in [0.15, 0.2) is 0 Å². The van der Waals surface area contributed by atoms with Crippen LogP contribution >= 0.6 is 11.3 Å². The van der Waals surface area contributed by atoms with Gasteiger partial charge in [0.05, 0.1) is 11.2 Å². The molecule has 1 heterocycles. The Labute approximate surface area is 96.1 Å². The van der Waals surface area contributed by atoms with Gasteiger partial charge in [0, 0.05) is 4.88 Å². The molecule has 0 atom stereocenters. The molecule has 1 fully saturated rings. The first-order valence-electron chi connectivity index (χ1n) is 5.93. The molecule has 1 aliphatic rings. The van der Waals surface area contributed by atoms with Crippen molar-refractivity contribution in [1.29, 1.82) is 0 Å². The molecule has 1 N–H and O–H groups in total. The highest BCUT2D eigenvalue weighted by atomic mass is 32.1. The molecule has 1 aromatic heterocycles. The van der Waals surface area contributed by atoms with E-state index in [0.29, 0.717) is 0 Å². The second-order valence-electron chi connectivity index (χ2n) is 4.34. The molecule has 0 amide bonds. The van der Waals surface area contributed by atoms with Crippen LogP contribution in [0.5, 0.6) is 0 Å². The monoisotopic (exact) mass is 224 g/mol. The fraction of sp³-hybridized carbons (Fsp3) is 0.750. The molecule has 15 heavy (non-hydrogen) atoms. The number of aryl methyl sites for hydroxylation is 2. The lowest BCUT2D eigenvalue weighted by molar-refractivity contribution is 0.189. The molecule has 3 heteroatoms. The van der Waals surface area contributed by atoms with E-state index >= 15 is 0 Å². The Morgan fingerprint density at radius 2 is 2.13 bits per heavy atom. The maximum Gasteiger partial charge on any atom is 0.113 e. The van der Waals surface area contributed by atoms with Gasteiger partial charge in [-0.15, -0.1) is 11.3 Å². The van der Waals surface area contributed by atoms with Gasteiger partial charge in [-0.3, -0.25) is 0 Å². The maximum absolute atomic E-state index is 4.80. The first-order valence-corrected chi connectivity index (χ1v) is 6.75. The van der Waals surface area contributed by atoms with Crippen LogP contribution in [0, 0.1) is 6.92 Å². The predicted octanol–water partition coefficient (Wildman–Crippen LogP) is 3.00. The Morgan fingerprint density at radius 1 is 1.40 bits per heavy atom. The van der Waals surface area contributed by atoms with Crippen molar-refractivity contribution in [3.63, 3.8) is 0 Å². The number of rotatable bonds is 4. The summed E-state index contributed by atoms with van der Waals surface area (Å²) in [6, 6.07) is 0. The molecular formula is C12H20N2S. The van der Waals surface area contributed by atoms with Gasteiger partial charge in [0.2, 0.25) is 0 Å². The second-order valence-corrected chi connectivity index (χ2v) is 5.54. The Morgan fingerprint density at radius 3 is 2.53 bits per heavy atom. The zero-order chi connectivity index (χ0) is 10.9. The van der Waals surface area contributed by atoms with Gasteiger partial charge in [-0.1, -0.05) is 13.8 Å². The van der Waals surface area contributed by atoms with Crippen molar-refractivity contribution in [3.05, 3.63) is 15.6 Å². The standard InChI is InChI=1S/C12H20N2S/c1-4-10-9(3)15-11(14-10)12(13-5-2)7-6-8-12/h13H,4-8H2,1-3H3. The molecule has 2 nitrogen and oxygen atoms in total. The van der Waals surface area contributed by atoms with E-state index in [1.54, 1.807) is 0 Å².